The smallest absolute Gasteiger partial charge is 0.324 e. The summed E-state index contributed by atoms with van der Waals surface area (Å²) >= 11 is 0. The van der Waals surface area contributed by atoms with Crippen LogP contribution in [0.3, 0.4) is 0 Å². The van der Waals surface area contributed by atoms with Crippen LogP contribution in [0.25, 0.3) is 0 Å². The number of anilines is 1. The molecule has 19 heavy (non-hydrogen) atoms. The lowest BCUT2D eigenvalue weighted by molar-refractivity contribution is -0.607. The van der Waals surface area contributed by atoms with Gasteiger partial charge in [0.1, 0.15) is 0 Å². The van der Waals surface area contributed by atoms with Crippen LogP contribution in [-0.4, -0.2) is 12.5 Å². The molecule has 0 saturated heterocycles. The molecule has 1 aromatic carbocycles. The van der Waals surface area contributed by atoms with E-state index in [2.05, 4.69) is 0 Å². The van der Waals surface area contributed by atoms with E-state index in [0.717, 1.165) is 24.1 Å². The third kappa shape index (κ3) is 2.05. The van der Waals surface area contributed by atoms with Gasteiger partial charge in [-0.05, 0) is 30.5 Å². The number of carbonyl (C=O) groups excluding carboxylic acids is 1. The van der Waals surface area contributed by atoms with Gasteiger partial charge in [-0.15, -0.1) is 0 Å². The lowest BCUT2D eigenvalue weighted by atomic mass is 10.0. The predicted octanol–water partition coefficient (Wildman–Crippen LogP) is 1.91. The number of nitrogens with zero attached hydrogens (tertiary/aromatic N) is 2. The molecule has 0 unspecified atom stereocenters. The molecule has 0 fully saturated rings. The maximum Gasteiger partial charge on any atom is 0.324 e. The Balaban J connectivity index is 2.00. The Labute approximate surface area is 111 Å². The maximum absolute atomic E-state index is 12.5. The number of fused-ring (bicyclic) bond motifs is 1. The molecule has 2 heterocycles. The van der Waals surface area contributed by atoms with Gasteiger partial charge in [0.15, 0.2) is 6.20 Å². The van der Waals surface area contributed by atoms with Crippen LogP contribution in [0.1, 0.15) is 22.5 Å². The SMILES string of the molecule is O=C(c1cccc[n+]1[O-])N1CCCc2ccccc21. The van der Waals surface area contributed by atoms with Crippen LogP contribution >= 0.6 is 0 Å². The third-order valence-electron chi connectivity index (χ3n) is 3.40. The minimum Gasteiger partial charge on any atom is -0.618 e. The van der Waals surface area contributed by atoms with Crippen LogP contribution in [0, 0.1) is 5.21 Å². The van der Waals surface area contributed by atoms with Gasteiger partial charge < -0.3 is 10.1 Å². The Morgan fingerprint density at radius 2 is 1.95 bits per heavy atom. The van der Waals surface area contributed by atoms with Gasteiger partial charge in [0.25, 0.3) is 5.69 Å². The molecule has 0 N–H and O–H groups in total. The number of hydrogen-bond acceptors (Lipinski definition) is 2. The second kappa shape index (κ2) is 4.72. The van der Waals surface area contributed by atoms with E-state index in [9.17, 15) is 10.0 Å². The van der Waals surface area contributed by atoms with Crippen molar-refractivity contribution in [2.45, 2.75) is 12.8 Å². The van der Waals surface area contributed by atoms with E-state index in [1.54, 1.807) is 23.1 Å². The van der Waals surface area contributed by atoms with Gasteiger partial charge in [-0.2, -0.15) is 4.73 Å². The quantitative estimate of drug-likeness (QED) is 0.576. The van der Waals surface area contributed by atoms with Gasteiger partial charge in [-0.1, -0.05) is 18.2 Å². The molecular weight excluding hydrogens is 240 g/mol. The Morgan fingerprint density at radius 3 is 2.79 bits per heavy atom. The fraction of sp³-hybridized carbons (Fsp3) is 0.200. The molecule has 0 radical (unpaired) electrons. The van der Waals surface area contributed by atoms with Crippen LogP contribution < -0.4 is 9.63 Å². The number of amides is 1. The summed E-state index contributed by atoms with van der Waals surface area (Å²) in [5.41, 5.74) is 2.25. The molecule has 1 aliphatic rings. The highest BCUT2D eigenvalue weighted by atomic mass is 16.5. The van der Waals surface area contributed by atoms with E-state index in [1.807, 2.05) is 24.3 Å². The summed E-state index contributed by atoms with van der Waals surface area (Å²) in [5, 5.41) is 11.7. The number of aryl methyl sites for hydroxylation is 1. The summed E-state index contributed by atoms with van der Waals surface area (Å²) in [6, 6.07) is 12.7. The standard InChI is InChI=1S/C15H14N2O2/c18-15(14-9-3-4-11-17(14)19)16-10-5-7-12-6-1-2-8-13(12)16/h1-4,6,8-9,11H,5,7,10H2. The number of benzene rings is 1. The number of rotatable bonds is 1. The average molecular weight is 254 g/mol. The Bertz CT molecular complexity index is 625. The molecule has 3 rings (SSSR count). The van der Waals surface area contributed by atoms with E-state index < -0.39 is 0 Å². The van der Waals surface area contributed by atoms with E-state index in [4.69, 9.17) is 0 Å². The fourth-order valence-corrected chi connectivity index (χ4v) is 2.48. The molecule has 4 heteroatoms. The highest BCUT2D eigenvalue weighted by molar-refractivity contribution is 6.04. The Kier molecular flexibility index (Phi) is 2.91. The van der Waals surface area contributed by atoms with E-state index in [0.29, 0.717) is 11.3 Å². The molecular formula is C15H14N2O2. The molecule has 0 atom stereocenters. The highest BCUT2D eigenvalue weighted by Crippen LogP contribution is 2.27. The zero-order valence-corrected chi connectivity index (χ0v) is 10.5. The molecule has 0 saturated carbocycles. The van der Waals surface area contributed by atoms with Crippen molar-refractivity contribution < 1.29 is 9.52 Å². The molecule has 0 bridgehead atoms. The van der Waals surface area contributed by atoms with Crippen molar-refractivity contribution in [2.75, 3.05) is 11.4 Å². The monoisotopic (exact) mass is 254 g/mol. The van der Waals surface area contributed by atoms with Crippen molar-refractivity contribution in [1.29, 1.82) is 0 Å². The first-order valence-corrected chi connectivity index (χ1v) is 6.35. The number of aromatic nitrogens is 1. The number of carbonyl (C=O) groups is 1. The van der Waals surface area contributed by atoms with Crippen molar-refractivity contribution in [1.82, 2.24) is 0 Å². The number of pyridine rings is 1. The molecule has 1 aromatic heterocycles. The van der Waals surface area contributed by atoms with Crippen molar-refractivity contribution in [3.63, 3.8) is 0 Å². The van der Waals surface area contributed by atoms with Crippen LogP contribution in [0.5, 0.6) is 0 Å². The second-order valence-electron chi connectivity index (χ2n) is 4.60. The summed E-state index contributed by atoms with van der Waals surface area (Å²) in [6.07, 6.45) is 3.25. The lowest BCUT2D eigenvalue weighted by Crippen LogP contribution is -2.43. The Morgan fingerprint density at radius 1 is 1.16 bits per heavy atom. The molecule has 2 aromatic rings. The van der Waals surface area contributed by atoms with Gasteiger partial charge in [0, 0.05) is 24.4 Å². The van der Waals surface area contributed by atoms with Gasteiger partial charge >= 0.3 is 5.91 Å². The summed E-state index contributed by atoms with van der Waals surface area (Å²) in [7, 11) is 0. The predicted molar refractivity (Wildman–Crippen MR) is 71.8 cm³/mol. The summed E-state index contributed by atoms with van der Waals surface area (Å²) in [6.45, 7) is 0.657. The van der Waals surface area contributed by atoms with Gasteiger partial charge in [-0.3, -0.25) is 4.79 Å². The first-order valence-electron chi connectivity index (χ1n) is 6.35. The molecule has 96 valence electrons. The number of para-hydroxylation sites is 1. The van der Waals surface area contributed by atoms with Gasteiger partial charge in [0.05, 0.1) is 0 Å². The van der Waals surface area contributed by atoms with Crippen LogP contribution in [-0.2, 0) is 6.42 Å². The van der Waals surface area contributed by atoms with Gasteiger partial charge in [-0.25, -0.2) is 0 Å². The minimum absolute atomic E-state index is 0.166. The van der Waals surface area contributed by atoms with Crippen molar-refractivity contribution in [3.8, 4) is 0 Å². The normalized spacial score (nSPS) is 14.0. The van der Waals surface area contributed by atoms with E-state index in [-0.39, 0.29) is 11.6 Å². The summed E-state index contributed by atoms with van der Waals surface area (Å²) < 4.78 is 0.625. The van der Waals surface area contributed by atoms with Crippen LogP contribution in [0.4, 0.5) is 5.69 Å². The average Bonchev–Trinajstić information content (AvgIpc) is 2.46. The Hall–Kier alpha value is -2.36. The van der Waals surface area contributed by atoms with Crippen molar-refractivity contribution in [3.05, 3.63) is 65.1 Å². The first-order chi connectivity index (χ1) is 9.27. The fourth-order valence-electron chi connectivity index (χ4n) is 2.48. The van der Waals surface area contributed by atoms with Crippen molar-refractivity contribution in [2.24, 2.45) is 0 Å². The maximum atomic E-state index is 12.5. The molecule has 0 spiro atoms. The number of hydrogen-bond donors (Lipinski definition) is 0. The first kappa shape index (κ1) is 11.7. The van der Waals surface area contributed by atoms with Crippen molar-refractivity contribution >= 4 is 11.6 Å². The zero-order valence-electron chi connectivity index (χ0n) is 10.5. The molecule has 4 nitrogen and oxygen atoms in total. The summed E-state index contributed by atoms with van der Waals surface area (Å²) in [5.74, 6) is -0.234. The minimum atomic E-state index is -0.234. The topological polar surface area (TPSA) is 47.2 Å². The lowest BCUT2D eigenvalue weighted by Gasteiger charge is -2.28. The highest BCUT2D eigenvalue weighted by Gasteiger charge is 2.27. The second-order valence-corrected chi connectivity index (χ2v) is 4.60. The molecule has 1 aliphatic heterocycles. The molecule has 0 aliphatic carbocycles. The molecule has 1 amide bonds. The van der Waals surface area contributed by atoms with Crippen LogP contribution in [0.2, 0.25) is 0 Å². The van der Waals surface area contributed by atoms with E-state index in [1.165, 1.54) is 6.20 Å². The zero-order chi connectivity index (χ0) is 13.2. The summed E-state index contributed by atoms with van der Waals surface area (Å²) in [4.78, 5) is 14.2. The third-order valence-corrected chi connectivity index (χ3v) is 3.40. The van der Waals surface area contributed by atoms with Crippen LogP contribution in [0.15, 0.2) is 48.7 Å². The largest absolute Gasteiger partial charge is 0.618 e. The van der Waals surface area contributed by atoms with Gasteiger partial charge in [0.2, 0.25) is 0 Å². The van der Waals surface area contributed by atoms with E-state index >= 15 is 0 Å².